The molecule has 10 heteroatoms. The molecule has 9 rings (SSSR count). The van der Waals surface area contributed by atoms with E-state index in [0.29, 0.717) is 53.3 Å². The van der Waals surface area contributed by atoms with Crippen molar-refractivity contribution in [2.45, 2.75) is 123 Å². The molecule has 0 unspecified atom stereocenters. The van der Waals surface area contributed by atoms with E-state index < -0.39 is 17.9 Å². The van der Waals surface area contributed by atoms with Gasteiger partial charge in [-0.2, -0.15) is 0 Å². The molecule has 0 heterocycles. The van der Waals surface area contributed by atoms with E-state index in [4.69, 9.17) is 15.3 Å². The normalized spacial score (nSPS) is 27.6. The van der Waals surface area contributed by atoms with E-state index in [9.17, 15) is 14.4 Å². The summed E-state index contributed by atoms with van der Waals surface area (Å²) in [4.78, 5) is 31.8. The van der Waals surface area contributed by atoms with Crippen LogP contribution in [0.5, 0.6) is 0 Å². The van der Waals surface area contributed by atoms with Gasteiger partial charge >= 0.3 is 17.9 Å². The fourth-order valence-electron chi connectivity index (χ4n) is 13.2. The van der Waals surface area contributed by atoms with Gasteiger partial charge in [0.15, 0.2) is 0 Å². The number of carbonyl (C=O) groups is 3. The van der Waals surface area contributed by atoms with Crippen molar-refractivity contribution in [3.05, 3.63) is 166 Å². The van der Waals surface area contributed by atoms with Gasteiger partial charge in [-0.15, -0.1) is 0 Å². The third kappa shape index (κ3) is 18.4. The second kappa shape index (κ2) is 30.2. The molecule has 0 aliphatic heterocycles. The van der Waals surface area contributed by atoms with Crippen molar-refractivity contribution in [3.8, 4) is 0 Å². The zero-order valence-electron chi connectivity index (χ0n) is 44.7. The van der Waals surface area contributed by atoms with Crippen molar-refractivity contribution in [1.29, 1.82) is 0 Å². The lowest BCUT2D eigenvalue weighted by atomic mass is 9.79. The van der Waals surface area contributed by atoms with Crippen LogP contribution in [0.15, 0.2) is 138 Å². The van der Waals surface area contributed by atoms with Gasteiger partial charge in [0.05, 0.1) is 0 Å². The second-order valence-electron chi connectivity index (χ2n) is 22.6. The molecule has 0 amide bonds. The molecule has 0 spiro atoms. The highest BCUT2D eigenvalue weighted by atomic mass is 79.9. The van der Waals surface area contributed by atoms with Crippen molar-refractivity contribution in [2.24, 2.45) is 71.0 Å². The molecule has 9 nitrogen and oxygen atoms in total. The molecule has 0 radical (unpaired) electrons. The highest BCUT2D eigenvalue weighted by Crippen LogP contribution is 2.53. The SMILES string of the molecule is Cc1ccc(CNC[C@H]2[C@H](/C=C\CCCC(=O)O)[C@H]3C=C[C@@H]2C3)cc1.Cc1ccc(CNC[C@H]2[C@H]3CC[C@H](C3)[C@@H]2/C=C\CCCC(=O)O)cc1.O=C(O)CCC/C=C\[C@H]1[C@H](CNCc2ccc(Br)cc2)[C@@H]2C=C[C@H]1C2. The molecular weight excluding hydrogens is 999 g/mol. The van der Waals surface area contributed by atoms with Gasteiger partial charge < -0.3 is 31.3 Å². The molecule has 404 valence electrons. The average molecular weight is 1090 g/mol. The van der Waals surface area contributed by atoms with Gasteiger partial charge in [0, 0.05) is 43.4 Å². The molecule has 4 fully saturated rings. The number of unbranched alkanes of at least 4 members (excludes halogenated alkanes) is 3. The van der Waals surface area contributed by atoms with Crippen LogP contribution < -0.4 is 16.0 Å². The van der Waals surface area contributed by atoms with Gasteiger partial charge in [-0.1, -0.05) is 148 Å². The van der Waals surface area contributed by atoms with E-state index in [-0.39, 0.29) is 19.3 Å². The number of hydrogen-bond acceptors (Lipinski definition) is 6. The van der Waals surface area contributed by atoms with Crippen LogP contribution in [0.4, 0.5) is 0 Å². The lowest BCUT2D eigenvalue weighted by Gasteiger charge is -2.29. The van der Waals surface area contributed by atoms with Gasteiger partial charge in [-0.05, 0) is 204 Å². The number of halogens is 1. The summed E-state index contributed by atoms with van der Waals surface area (Å²) in [6.45, 7) is 10.2. The van der Waals surface area contributed by atoms with Crippen LogP contribution in [0.1, 0.15) is 118 Å². The van der Waals surface area contributed by atoms with Crippen LogP contribution in [0.2, 0.25) is 0 Å². The van der Waals surface area contributed by atoms with Crippen molar-refractivity contribution in [2.75, 3.05) is 19.6 Å². The Labute approximate surface area is 457 Å². The van der Waals surface area contributed by atoms with Crippen LogP contribution in [0, 0.1) is 84.9 Å². The average Bonchev–Trinajstić information content (AvgIpc) is 4.29. The van der Waals surface area contributed by atoms with E-state index in [2.05, 4.69) is 179 Å². The maximum Gasteiger partial charge on any atom is 0.303 e. The summed E-state index contributed by atoms with van der Waals surface area (Å²) in [6.07, 6.45) is 35.7. The van der Waals surface area contributed by atoms with Crippen molar-refractivity contribution in [1.82, 2.24) is 16.0 Å². The largest absolute Gasteiger partial charge is 0.481 e. The first kappa shape index (κ1) is 57.8. The molecule has 6 aliphatic carbocycles. The van der Waals surface area contributed by atoms with E-state index in [1.807, 2.05) is 0 Å². The summed E-state index contributed by atoms with van der Waals surface area (Å²) in [6, 6.07) is 26.0. The van der Waals surface area contributed by atoms with Gasteiger partial charge in [0.25, 0.3) is 0 Å². The molecule has 0 saturated heterocycles. The molecule has 6 N–H and O–H groups in total. The lowest BCUT2D eigenvalue weighted by molar-refractivity contribution is -0.138. The van der Waals surface area contributed by atoms with E-state index in [1.54, 1.807) is 0 Å². The van der Waals surface area contributed by atoms with Crippen LogP contribution in [0.25, 0.3) is 0 Å². The Hall–Kier alpha value is -4.87. The smallest absolute Gasteiger partial charge is 0.303 e. The fraction of sp³-hybridized carbons (Fsp3) is 0.523. The molecule has 4 saturated carbocycles. The number of nitrogens with one attached hydrogen (secondary N) is 3. The third-order valence-electron chi connectivity index (χ3n) is 17.2. The Morgan fingerprint density at radius 3 is 1.25 bits per heavy atom. The predicted octanol–water partition coefficient (Wildman–Crippen LogP) is 13.7. The molecule has 75 heavy (non-hydrogen) atoms. The van der Waals surface area contributed by atoms with Crippen LogP contribution in [0.3, 0.4) is 0 Å². The summed E-state index contributed by atoms with van der Waals surface area (Å²) in [5.41, 5.74) is 6.61. The number of fused-ring (bicyclic) bond motifs is 6. The van der Waals surface area contributed by atoms with Gasteiger partial charge in [0.2, 0.25) is 0 Å². The Morgan fingerprint density at radius 2 is 0.840 bits per heavy atom. The molecule has 3 aromatic rings. The van der Waals surface area contributed by atoms with Crippen LogP contribution >= 0.6 is 15.9 Å². The van der Waals surface area contributed by atoms with Crippen molar-refractivity contribution >= 4 is 33.8 Å². The number of carboxylic acids is 3. The maximum absolute atomic E-state index is 10.6. The van der Waals surface area contributed by atoms with Gasteiger partial charge in [0.1, 0.15) is 0 Å². The quantitative estimate of drug-likeness (QED) is 0.0324. The molecular formula is C65H86BrN3O6. The Balaban J connectivity index is 0.000000164. The predicted molar refractivity (Wildman–Crippen MR) is 307 cm³/mol. The van der Waals surface area contributed by atoms with Crippen molar-refractivity contribution in [3.63, 3.8) is 0 Å². The summed E-state index contributed by atoms with van der Waals surface area (Å²) < 4.78 is 1.11. The standard InChI is InChI=1S/C22H31NO2.C22H29NO2.C21H26BrNO2/c2*1-16-7-9-17(10-8-16)14-23-15-21-19-12-11-18(13-19)20(21)5-3-2-4-6-22(24)25;22-18-10-6-15(7-11-18)13-23-14-20-17-9-8-16(12-17)19(20)4-2-1-3-5-21(24)25/h3,5,7-10,18-21,23H,2,4,6,11-15H2,1H3,(H,24,25);3,5,7-12,18-21,23H,2,4,6,13-15H2,1H3,(H,24,25);2,4,6-11,16-17,19-20,23H,1,3,5,12-14H2,(H,24,25)/b2*5-3-;4-2-/t2*18-,19+,20+,21+;16-,17+,19+,20+/m100/s1. The summed E-state index contributed by atoms with van der Waals surface area (Å²) in [5.74, 6) is 6.32. The first-order valence-electron chi connectivity index (χ1n) is 28.4. The highest BCUT2D eigenvalue weighted by molar-refractivity contribution is 9.10. The Morgan fingerprint density at radius 1 is 0.480 bits per heavy atom. The van der Waals surface area contributed by atoms with E-state index in [0.717, 1.165) is 100 Å². The molecule has 12 atom stereocenters. The van der Waals surface area contributed by atoms with E-state index in [1.165, 1.54) is 59.9 Å². The number of carboxylic acid groups (broad SMARTS) is 3. The zero-order chi connectivity index (χ0) is 52.9. The fourth-order valence-corrected chi connectivity index (χ4v) is 13.4. The number of hydrogen-bond donors (Lipinski definition) is 6. The molecule has 0 aromatic heterocycles. The summed E-state index contributed by atoms with van der Waals surface area (Å²) >= 11 is 3.47. The Kier molecular flexibility index (Phi) is 23.3. The summed E-state index contributed by atoms with van der Waals surface area (Å²) in [5, 5.41) is 37.1. The summed E-state index contributed by atoms with van der Waals surface area (Å²) in [7, 11) is 0. The molecule has 6 bridgehead atoms. The highest BCUT2D eigenvalue weighted by Gasteiger charge is 2.46. The number of rotatable bonds is 27. The first-order chi connectivity index (χ1) is 36.4. The minimum Gasteiger partial charge on any atom is -0.481 e. The molecule has 6 aliphatic rings. The third-order valence-corrected chi connectivity index (χ3v) is 17.7. The maximum atomic E-state index is 10.6. The Bertz CT molecular complexity index is 2280. The monoisotopic (exact) mass is 1080 g/mol. The minimum atomic E-state index is -0.703. The molecule has 3 aromatic carbocycles. The van der Waals surface area contributed by atoms with Crippen LogP contribution in [-0.2, 0) is 34.0 Å². The number of aliphatic carboxylic acids is 3. The number of benzene rings is 3. The lowest BCUT2D eigenvalue weighted by Crippen LogP contribution is -2.31. The number of aryl methyl sites for hydroxylation is 2. The van der Waals surface area contributed by atoms with Gasteiger partial charge in [-0.3, -0.25) is 14.4 Å². The minimum absolute atomic E-state index is 0.263. The topological polar surface area (TPSA) is 148 Å². The van der Waals surface area contributed by atoms with Crippen molar-refractivity contribution < 1.29 is 29.7 Å². The van der Waals surface area contributed by atoms with E-state index >= 15 is 0 Å². The van der Waals surface area contributed by atoms with Crippen LogP contribution in [-0.4, -0.2) is 52.9 Å². The van der Waals surface area contributed by atoms with Gasteiger partial charge in [-0.25, -0.2) is 0 Å². The first-order valence-corrected chi connectivity index (χ1v) is 29.2. The second-order valence-corrected chi connectivity index (χ2v) is 23.5. The zero-order valence-corrected chi connectivity index (χ0v) is 46.3. The number of allylic oxidation sites excluding steroid dienone is 10.